The van der Waals surface area contributed by atoms with Gasteiger partial charge in [0.15, 0.2) is 0 Å². The van der Waals surface area contributed by atoms with Gasteiger partial charge < -0.3 is 4.74 Å². The van der Waals surface area contributed by atoms with Crippen LogP contribution in [0.2, 0.25) is 0 Å². The standard InChI is InChI=1S/C7H11N3O3/c1-2-13-4-3-10-5-8-9-6(11)7(10)12/h5H,2-4H2,1H3,(H,9,11). The Morgan fingerprint density at radius 2 is 2.38 bits per heavy atom. The van der Waals surface area contributed by atoms with Gasteiger partial charge >= 0.3 is 11.1 Å². The van der Waals surface area contributed by atoms with Crippen molar-refractivity contribution in [2.24, 2.45) is 0 Å². The van der Waals surface area contributed by atoms with Crippen LogP contribution in [0.25, 0.3) is 0 Å². The van der Waals surface area contributed by atoms with Gasteiger partial charge in [0, 0.05) is 6.61 Å². The van der Waals surface area contributed by atoms with Gasteiger partial charge in [-0.1, -0.05) is 0 Å². The molecule has 72 valence electrons. The Bertz CT molecular complexity index is 368. The number of rotatable bonds is 4. The molecule has 1 heterocycles. The largest absolute Gasteiger partial charge is 0.380 e. The van der Waals surface area contributed by atoms with E-state index < -0.39 is 11.1 Å². The summed E-state index contributed by atoms with van der Waals surface area (Å²) in [4.78, 5) is 21.9. The zero-order valence-electron chi connectivity index (χ0n) is 7.32. The highest BCUT2D eigenvalue weighted by Gasteiger charge is 1.98. The number of aromatic amines is 1. The fourth-order valence-electron chi connectivity index (χ4n) is 0.854. The monoisotopic (exact) mass is 185 g/mol. The molecule has 0 amide bonds. The normalized spacial score (nSPS) is 10.2. The van der Waals surface area contributed by atoms with Crippen LogP contribution >= 0.6 is 0 Å². The maximum absolute atomic E-state index is 11.1. The Hall–Kier alpha value is -1.43. The molecule has 0 unspecified atom stereocenters. The van der Waals surface area contributed by atoms with Crippen LogP contribution in [0.3, 0.4) is 0 Å². The molecule has 1 aromatic heterocycles. The van der Waals surface area contributed by atoms with Crippen molar-refractivity contribution >= 4 is 0 Å². The molecule has 0 radical (unpaired) electrons. The molecule has 1 aromatic rings. The molecule has 1 N–H and O–H groups in total. The lowest BCUT2D eigenvalue weighted by atomic mass is 10.6. The van der Waals surface area contributed by atoms with Gasteiger partial charge in [0.2, 0.25) is 0 Å². The van der Waals surface area contributed by atoms with E-state index in [1.807, 2.05) is 6.92 Å². The van der Waals surface area contributed by atoms with Gasteiger partial charge in [-0.25, -0.2) is 5.10 Å². The second-order valence-electron chi connectivity index (χ2n) is 2.38. The molecule has 6 nitrogen and oxygen atoms in total. The minimum absolute atomic E-state index is 0.351. The van der Waals surface area contributed by atoms with Crippen LogP contribution in [0.5, 0.6) is 0 Å². The van der Waals surface area contributed by atoms with Crippen molar-refractivity contribution in [2.75, 3.05) is 13.2 Å². The van der Waals surface area contributed by atoms with Gasteiger partial charge in [-0.3, -0.25) is 14.2 Å². The molecule has 0 saturated heterocycles. The average Bonchev–Trinajstić information content (AvgIpc) is 2.13. The van der Waals surface area contributed by atoms with Crippen LogP contribution in [-0.2, 0) is 11.3 Å². The fraction of sp³-hybridized carbons (Fsp3) is 0.571. The van der Waals surface area contributed by atoms with Crippen LogP contribution in [0.1, 0.15) is 6.92 Å². The highest BCUT2D eigenvalue weighted by atomic mass is 16.5. The van der Waals surface area contributed by atoms with Gasteiger partial charge in [0.1, 0.15) is 6.33 Å². The first-order valence-electron chi connectivity index (χ1n) is 3.97. The Morgan fingerprint density at radius 3 is 3.08 bits per heavy atom. The quantitative estimate of drug-likeness (QED) is 0.480. The summed E-state index contributed by atoms with van der Waals surface area (Å²) in [5.74, 6) is 0. The second-order valence-corrected chi connectivity index (χ2v) is 2.38. The zero-order chi connectivity index (χ0) is 9.68. The van der Waals surface area contributed by atoms with Gasteiger partial charge in [-0.05, 0) is 6.92 Å². The van der Waals surface area contributed by atoms with Crippen LogP contribution in [0.4, 0.5) is 0 Å². The Morgan fingerprint density at radius 1 is 1.62 bits per heavy atom. The topological polar surface area (TPSA) is 77.0 Å². The van der Waals surface area contributed by atoms with E-state index in [4.69, 9.17) is 4.74 Å². The number of hydrogen-bond acceptors (Lipinski definition) is 4. The van der Waals surface area contributed by atoms with Crippen LogP contribution in [0, 0.1) is 0 Å². The smallest absolute Gasteiger partial charge is 0.330 e. The number of hydrogen-bond donors (Lipinski definition) is 1. The maximum atomic E-state index is 11.1. The van der Waals surface area contributed by atoms with E-state index in [9.17, 15) is 9.59 Å². The number of ether oxygens (including phenoxy) is 1. The third kappa shape index (κ3) is 2.51. The number of aromatic nitrogens is 3. The van der Waals surface area contributed by atoms with Crippen molar-refractivity contribution in [1.82, 2.24) is 14.8 Å². The Balaban J connectivity index is 2.72. The summed E-state index contributed by atoms with van der Waals surface area (Å²) in [6.45, 7) is 3.20. The predicted octanol–water partition coefficient (Wildman–Crippen LogP) is -1.03. The summed E-state index contributed by atoms with van der Waals surface area (Å²) in [6, 6.07) is 0. The average molecular weight is 185 g/mol. The van der Waals surface area contributed by atoms with Crippen molar-refractivity contribution in [3.8, 4) is 0 Å². The SMILES string of the molecule is CCOCCn1cn[nH]c(=O)c1=O. The lowest BCUT2D eigenvalue weighted by Gasteiger charge is -2.02. The van der Waals surface area contributed by atoms with E-state index in [-0.39, 0.29) is 0 Å². The van der Waals surface area contributed by atoms with Crippen molar-refractivity contribution in [1.29, 1.82) is 0 Å². The Labute approximate surface area is 74.2 Å². The summed E-state index contributed by atoms with van der Waals surface area (Å²) in [7, 11) is 0. The number of nitrogens with zero attached hydrogens (tertiary/aromatic N) is 2. The molecule has 0 spiro atoms. The van der Waals surface area contributed by atoms with E-state index in [0.717, 1.165) is 0 Å². The van der Waals surface area contributed by atoms with Gasteiger partial charge in [0.05, 0.1) is 13.2 Å². The summed E-state index contributed by atoms with van der Waals surface area (Å²) in [5.41, 5.74) is -1.31. The van der Waals surface area contributed by atoms with E-state index >= 15 is 0 Å². The van der Waals surface area contributed by atoms with Crippen LogP contribution in [0.15, 0.2) is 15.9 Å². The molecule has 0 fully saturated rings. The van der Waals surface area contributed by atoms with Crippen molar-refractivity contribution in [2.45, 2.75) is 13.5 Å². The van der Waals surface area contributed by atoms with E-state index in [0.29, 0.717) is 19.8 Å². The first kappa shape index (κ1) is 9.66. The molecule has 0 aliphatic rings. The molecule has 0 aromatic carbocycles. The van der Waals surface area contributed by atoms with Gasteiger partial charge in [-0.2, -0.15) is 5.10 Å². The summed E-state index contributed by atoms with van der Waals surface area (Å²) >= 11 is 0. The van der Waals surface area contributed by atoms with Crippen LogP contribution in [-0.4, -0.2) is 28.0 Å². The highest BCUT2D eigenvalue weighted by molar-refractivity contribution is 4.73. The lowest BCUT2D eigenvalue weighted by molar-refractivity contribution is 0.137. The molecular formula is C7H11N3O3. The molecular weight excluding hydrogens is 174 g/mol. The summed E-state index contributed by atoms with van der Waals surface area (Å²) < 4.78 is 6.25. The second kappa shape index (κ2) is 4.56. The molecule has 13 heavy (non-hydrogen) atoms. The van der Waals surface area contributed by atoms with E-state index in [1.54, 1.807) is 0 Å². The molecule has 0 aliphatic carbocycles. The first-order valence-corrected chi connectivity index (χ1v) is 3.97. The van der Waals surface area contributed by atoms with E-state index in [2.05, 4.69) is 10.2 Å². The molecule has 0 atom stereocenters. The zero-order valence-corrected chi connectivity index (χ0v) is 7.32. The van der Waals surface area contributed by atoms with Gasteiger partial charge in [-0.15, -0.1) is 0 Å². The lowest BCUT2D eigenvalue weighted by Crippen LogP contribution is -2.37. The van der Waals surface area contributed by atoms with Crippen molar-refractivity contribution < 1.29 is 4.74 Å². The van der Waals surface area contributed by atoms with E-state index in [1.165, 1.54) is 10.9 Å². The van der Waals surface area contributed by atoms with Crippen LogP contribution < -0.4 is 11.1 Å². The van der Waals surface area contributed by atoms with Gasteiger partial charge in [0.25, 0.3) is 0 Å². The van der Waals surface area contributed by atoms with Crippen molar-refractivity contribution in [3.63, 3.8) is 0 Å². The molecule has 0 saturated carbocycles. The molecule has 0 bridgehead atoms. The fourth-order valence-corrected chi connectivity index (χ4v) is 0.854. The third-order valence-corrected chi connectivity index (χ3v) is 1.50. The highest BCUT2D eigenvalue weighted by Crippen LogP contribution is 1.77. The maximum Gasteiger partial charge on any atom is 0.330 e. The minimum atomic E-state index is -0.709. The minimum Gasteiger partial charge on any atom is -0.380 e. The predicted molar refractivity (Wildman–Crippen MR) is 45.6 cm³/mol. The summed E-state index contributed by atoms with van der Waals surface area (Å²) in [6.07, 6.45) is 1.28. The first-order chi connectivity index (χ1) is 6.25. The molecule has 1 rings (SSSR count). The Kier molecular flexibility index (Phi) is 3.39. The van der Waals surface area contributed by atoms with Crippen molar-refractivity contribution in [3.05, 3.63) is 27.0 Å². The summed E-state index contributed by atoms with van der Waals surface area (Å²) in [5, 5.41) is 5.54. The number of H-pyrrole nitrogens is 1. The third-order valence-electron chi connectivity index (χ3n) is 1.50. The molecule has 0 aliphatic heterocycles. The molecule has 6 heteroatoms. The number of nitrogens with one attached hydrogen (secondary N) is 1.